The molecule has 0 radical (unpaired) electrons. The third-order valence-corrected chi connectivity index (χ3v) is 7.45. The van der Waals surface area contributed by atoms with Crippen LogP contribution >= 0.6 is 22.7 Å². The SMILES string of the molecule is CC(CN1CCN(c2cccc(C(F)(F)F)c2)CC1)C(O)(c1ccsc1)c1ccsc1. The number of halogens is 3. The van der Waals surface area contributed by atoms with Crippen LogP contribution in [-0.4, -0.2) is 42.7 Å². The normalized spacial score (nSPS) is 17.1. The average Bonchev–Trinajstić information content (AvgIpc) is 3.48. The fraction of sp³-hybridized carbons (Fsp3) is 0.391. The van der Waals surface area contributed by atoms with Crippen molar-refractivity contribution < 1.29 is 18.3 Å². The Hall–Kier alpha value is -1.87. The molecule has 0 saturated carbocycles. The average molecular weight is 467 g/mol. The zero-order chi connectivity index (χ0) is 22.1. The second-order valence-electron chi connectivity index (χ2n) is 8.03. The Balaban J connectivity index is 1.43. The zero-order valence-corrected chi connectivity index (χ0v) is 18.8. The Bertz CT molecular complexity index is 931. The maximum atomic E-state index is 13.0. The standard InChI is InChI=1S/C23H25F3N2OS2/c1-17(22(29,19-5-11-30-15-19)20-6-12-31-16-20)14-27-7-9-28(10-8-27)21-4-2-3-18(13-21)23(24,25)26/h2-6,11-13,15-17,29H,7-10,14H2,1H3. The number of hydrogen-bond acceptors (Lipinski definition) is 5. The predicted molar refractivity (Wildman–Crippen MR) is 121 cm³/mol. The number of benzene rings is 1. The number of hydrogen-bond donors (Lipinski definition) is 1. The quantitative estimate of drug-likeness (QED) is 0.518. The van der Waals surface area contributed by atoms with Gasteiger partial charge in [0.25, 0.3) is 0 Å². The Morgan fingerprint density at radius 1 is 0.935 bits per heavy atom. The highest BCUT2D eigenvalue weighted by Crippen LogP contribution is 2.39. The van der Waals surface area contributed by atoms with Crippen LogP contribution in [0.4, 0.5) is 18.9 Å². The van der Waals surface area contributed by atoms with Crippen molar-refractivity contribution in [3.05, 3.63) is 74.6 Å². The van der Waals surface area contributed by atoms with Gasteiger partial charge >= 0.3 is 6.18 Å². The van der Waals surface area contributed by atoms with E-state index in [-0.39, 0.29) is 5.92 Å². The van der Waals surface area contributed by atoms with Crippen LogP contribution in [0.2, 0.25) is 0 Å². The van der Waals surface area contributed by atoms with E-state index in [1.165, 1.54) is 12.1 Å². The molecule has 0 bridgehead atoms. The summed E-state index contributed by atoms with van der Waals surface area (Å²) in [4.78, 5) is 4.29. The third-order valence-electron chi connectivity index (χ3n) is 6.08. The third kappa shape index (κ3) is 4.67. The lowest BCUT2D eigenvalue weighted by Gasteiger charge is -2.41. The lowest BCUT2D eigenvalue weighted by Crippen LogP contribution is -2.50. The molecule has 1 fully saturated rings. The first-order valence-electron chi connectivity index (χ1n) is 10.2. The predicted octanol–water partition coefficient (Wildman–Crippen LogP) is 5.52. The van der Waals surface area contributed by atoms with Crippen molar-refractivity contribution in [3.8, 4) is 0 Å². The van der Waals surface area contributed by atoms with Crippen molar-refractivity contribution in [2.75, 3.05) is 37.6 Å². The van der Waals surface area contributed by atoms with Gasteiger partial charge in [-0.1, -0.05) is 13.0 Å². The Kier molecular flexibility index (Phi) is 6.44. The molecule has 1 aliphatic heterocycles. The van der Waals surface area contributed by atoms with Crippen LogP contribution in [-0.2, 0) is 11.8 Å². The Morgan fingerprint density at radius 2 is 1.55 bits per heavy atom. The van der Waals surface area contributed by atoms with Gasteiger partial charge in [0.1, 0.15) is 5.60 Å². The van der Waals surface area contributed by atoms with Crippen LogP contribution < -0.4 is 4.90 Å². The van der Waals surface area contributed by atoms with Crippen molar-refractivity contribution in [1.29, 1.82) is 0 Å². The molecule has 3 aromatic rings. The van der Waals surface area contributed by atoms with Gasteiger partial charge in [-0.25, -0.2) is 0 Å². The Labute approximate surface area is 188 Å². The van der Waals surface area contributed by atoms with E-state index in [1.54, 1.807) is 28.7 Å². The molecule has 166 valence electrons. The van der Waals surface area contributed by atoms with Crippen molar-refractivity contribution >= 4 is 28.4 Å². The molecule has 8 heteroatoms. The molecule has 2 aromatic heterocycles. The molecule has 1 unspecified atom stereocenters. The number of thiophene rings is 2. The fourth-order valence-corrected chi connectivity index (χ4v) is 5.70. The molecule has 1 N–H and O–H groups in total. The van der Waals surface area contributed by atoms with Crippen molar-refractivity contribution in [1.82, 2.24) is 4.90 Å². The minimum atomic E-state index is -4.33. The molecule has 31 heavy (non-hydrogen) atoms. The summed E-state index contributed by atoms with van der Waals surface area (Å²) >= 11 is 3.14. The minimum Gasteiger partial charge on any atom is -0.380 e. The summed E-state index contributed by atoms with van der Waals surface area (Å²) in [7, 11) is 0. The van der Waals surface area contributed by atoms with E-state index in [4.69, 9.17) is 0 Å². The smallest absolute Gasteiger partial charge is 0.380 e. The lowest BCUT2D eigenvalue weighted by molar-refractivity contribution is -0.137. The van der Waals surface area contributed by atoms with Gasteiger partial charge in [-0.2, -0.15) is 35.8 Å². The summed E-state index contributed by atoms with van der Waals surface area (Å²) in [6.45, 7) is 5.56. The summed E-state index contributed by atoms with van der Waals surface area (Å²) in [5.41, 5.74) is 0.753. The van der Waals surface area contributed by atoms with E-state index in [2.05, 4.69) is 11.8 Å². The monoisotopic (exact) mass is 466 g/mol. The summed E-state index contributed by atoms with van der Waals surface area (Å²) in [5.74, 6) is -0.0446. The van der Waals surface area contributed by atoms with Crippen LogP contribution in [0, 0.1) is 5.92 Å². The second kappa shape index (κ2) is 8.94. The highest BCUT2D eigenvalue weighted by atomic mass is 32.1. The highest BCUT2D eigenvalue weighted by molar-refractivity contribution is 7.08. The van der Waals surface area contributed by atoms with Crippen molar-refractivity contribution in [3.63, 3.8) is 0 Å². The van der Waals surface area contributed by atoms with Gasteiger partial charge in [0.2, 0.25) is 0 Å². The molecule has 1 aliphatic rings. The van der Waals surface area contributed by atoms with Crippen molar-refractivity contribution in [2.24, 2.45) is 5.92 Å². The molecule has 4 rings (SSSR count). The van der Waals surface area contributed by atoms with Gasteiger partial charge in [0.05, 0.1) is 5.56 Å². The van der Waals surface area contributed by atoms with E-state index < -0.39 is 17.3 Å². The van der Waals surface area contributed by atoms with Crippen LogP contribution in [0.1, 0.15) is 23.6 Å². The maximum absolute atomic E-state index is 13.0. The van der Waals surface area contributed by atoms with Crippen LogP contribution in [0.3, 0.4) is 0 Å². The van der Waals surface area contributed by atoms with Crippen molar-refractivity contribution in [2.45, 2.75) is 18.7 Å². The number of alkyl halides is 3. The van der Waals surface area contributed by atoms with E-state index >= 15 is 0 Å². The summed E-state index contributed by atoms with van der Waals surface area (Å²) in [6, 6.07) is 9.49. The van der Waals surface area contributed by atoms with Gasteiger partial charge in [-0.05, 0) is 63.0 Å². The zero-order valence-electron chi connectivity index (χ0n) is 17.2. The topological polar surface area (TPSA) is 26.7 Å². The Morgan fingerprint density at radius 3 is 2.06 bits per heavy atom. The van der Waals surface area contributed by atoms with Crippen LogP contribution in [0.15, 0.2) is 57.9 Å². The van der Waals surface area contributed by atoms with Crippen LogP contribution in [0.5, 0.6) is 0 Å². The second-order valence-corrected chi connectivity index (χ2v) is 9.59. The fourth-order valence-electron chi connectivity index (χ4n) is 4.29. The highest BCUT2D eigenvalue weighted by Gasteiger charge is 2.39. The first kappa shape index (κ1) is 22.3. The van der Waals surface area contributed by atoms with Gasteiger partial charge < -0.3 is 10.0 Å². The number of rotatable bonds is 6. The largest absolute Gasteiger partial charge is 0.416 e. The van der Waals surface area contributed by atoms with E-state index in [0.29, 0.717) is 25.3 Å². The molecule has 1 aromatic carbocycles. The van der Waals surface area contributed by atoms with Gasteiger partial charge in [-0.3, -0.25) is 4.90 Å². The van der Waals surface area contributed by atoms with Gasteiger partial charge in [-0.15, -0.1) is 0 Å². The summed E-state index contributed by atoms with van der Waals surface area (Å²) in [5, 5.41) is 19.7. The molecule has 0 spiro atoms. The minimum absolute atomic E-state index is 0.0446. The van der Waals surface area contributed by atoms with Gasteiger partial charge in [0.15, 0.2) is 0 Å². The van der Waals surface area contributed by atoms with Crippen LogP contribution in [0.25, 0.3) is 0 Å². The molecule has 3 heterocycles. The molecule has 1 saturated heterocycles. The number of piperazine rings is 1. The first-order chi connectivity index (χ1) is 14.8. The summed E-state index contributed by atoms with van der Waals surface area (Å²) in [6.07, 6.45) is -4.33. The molecular formula is C23H25F3N2OS2. The van der Waals surface area contributed by atoms with E-state index in [1.807, 2.05) is 38.6 Å². The van der Waals surface area contributed by atoms with E-state index in [9.17, 15) is 18.3 Å². The first-order valence-corrected chi connectivity index (χ1v) is 12.1. The number of nitrogens with zero attached hydrogens (tertiary/aromatic N) is 2. The van der Waals surface area contributed by atoms with Gasteiger partial charge in [0, 0.05) is 44.3 Å². The number of aliphatic hydroxyl groups is 1. The molecule has 0 aliphatic carbocycles. The molecule has 0 amide bonds. The maximum Gasteiger partial charge on any atom is 0.416 e. The molecular weight excluding hydrogens is 441 g/mol. The number of anilines is 1. The summed E-state index contributed by atoms with van der Waals surface area (Å²) < 4.78 is 39.1. The lowest BCUT2D eigenvalue weighted by atomic mass is 9.79. The molecule has 3 nitrogen and oxygen atoms in total. The van der Waals surface area contributed by atoms with E-state index in [0.717, 1.165) is 30.3 Å². The molecule has 1 atom stereocenters.